The van der Waals surface area contributed by atoms with Gasteiger partial charge in [0.05, 0.1) is 11.0 Å². The third-order valence-corrected chi connectivity index (χ3v) is 3.86. The van der Waals surface area contributed by atoms with Gasteiger partial charge in [-0.25, -0.2) is 4.39 Å². The number of nitrogens with zero attached hydrogens (tertiary/aromatic N) is 2. The zero-order chi connectivity index (χ0) is 16.0. The van der Waals surface area contributed by atoms with E-state index in [-0.39, 0.29) is 5.56 Å². The molecule has 0 atom stereocenters. The van der Waals surface area contributed by atoms with E-state index in [0.29, 0.717) is 27.9 Å². The van der Waals surface area contributed by atoms with Crippen LogP contribution in [0.4, 0.5) is 4.39 Å². The number of aromatic amines is 1. The monoisotopic (exact) mass is 303 g/mol. The molecule has 2 aromatic carbocycles. The third-order valence-electron chi connectivity index (χ3n) is 3.86. The molecular formula is C18H10FN3O. The lowest BCUT2D eigenvalue weighted by Gasteiger charge is -2.06. The van der Waals surface area contributed by atoms with Crippen LogP contribution >= 0.6 is 0 Å². The minimum atomic E-state index is -0.414. The number of hydrogen-bond donors (Lipinski definition) is 1. The molecule has 0 bridgehead atoms. The van der Waals surface area contributed by atoms with Crippen molar-refractivity contribution in [2.24, 2.45) is 0 Å². The highest BCUT2D eigenvalue weighted by atomic mass is 19.1. The second kappa shape index (κ2) is 4.82. The molecule has 1 N–H and O–H groups in total. The molecule has 0 aliphatic carbocycles. The molecule has 2 heterocycles. The van der Waals surface area contributed by atoms with Crippen LogP contribution in [0.3, 0.4) is 0 Å². The van der Waals surface area contributed by atoms with Gasteiger partial charge >= 0.3 is 0 Å². The van der Waals surface area contributed by atoms with Crippen molar-refractivity contribution in [2.75, 3.05) is 0 Å². The summed E-state index contributed by atoms with van der Waals surface area (Å²) < 4.78 is 15.0. The molecule has 0 radical (unpaired) electrons. The molecule has 0 aliphatic rings. The Kier molecular flexibility index (Phi) is 2.78. The van der Waals surface area contributed by atoms with E-state index in [1.54, 1.807) is 12.1 Å². The topological polar surface area (TPSA) is 61.1 Å². The highest BCUT2D eigenvalue weighted by Gasteiger charge is 2.16. The summed E-state index contributed by atoms with van der Waals surface area (Å²) >= 11 is 0. The van der Waals surface area contributed by atoms with Crippen LogP contribution in [0.1, 0.15) is 5.56 Å². The molecule has 0 unspecified atom stereocenters. The second-order valence-corrected chi connectivity index (χ2v) is 5.22. The Bertz CT molecular complexity index is 1160. The number of benzene rings is 2. The van der Waals surface area contributed by atoms with Crippen LogP contribution in [-0.4, -0.2) is 9.38 Å². The molecule has 2 aromatic heterocycles. The summed E-state index contributed by atoms with van der Waals surface area (Å²) in [5.41, 5.74) is 2.85. The third kappa shape index (κ3) is 1.93. The largest absolute Gasteiger partial charge is 0.338 e. The van der Waals surface area contributed by atoms with Crippen LogP contribution in [0.15, 0.2) is 59.4 Å². The fourth-order valence-corrected chi connectivity index (χ4v) is 2.87. The smallest absolute Gasteiger partial charge is 0.257 e. The SMILES string of the molecule is N#Cc1c(-c2cccc(F)c2)cc(=O)n2c1[nH]c1ccccc12. The van der Waals surface area contributed by atoms with E-state index in [0.717, 1.165) is 5.52 Å². The quantitative estimate of drug-likeness (QED) is 0.585. The van der Waals surface area contributed by atoms with Crippen molar-refractivity contribution >= 4 is 16.7 Å². The maximum Gasteiger partial charge on any atom is 0.257 e. The van der Waals surface area contributed by atoms with E-state index in [1.807, 2.05) is 24.3 Å². The van der Waals surface area contributed by atoms with Gasteiger partial charge < -0.3 is 4.98 Å². The molecule has 5 heteroatoms. The Morgan fingerprint density at radius 1 is 1.09 bits per heavy atom. The Labute approximate surface area is 130 Å². The maximum absolute atomic E-state index is 13.5. The van der Waals surface area contributed by atoms with E-state index in [1.165, 1.54) is 22.6 Å². The Balaban J connectivity index is 2.18. The van der Waals surface area contributed by atoms with E-state index < -0.39 is 5.82 Å². The summed E-state index contributed by atoms with van der Waals surface area (Å²) in [5.74, 6) is -0.414. The first kappa shape index (κ1) is 13.3. The van der Waals surface area contributed by atoms with Crippen LogP contribution in [0.5, 0.6) is 0 Å². The van der Waals surface area contributed by atoms with Crippen LogP contribution in [0.25, 0.3) is 27.8 Å². The van der Waals surface area contributed by atoms with Gasteiger partial charge in [-0.1, -0.05) is 24.3 Å². The molecular weight excluding hydrogens is 293 g/mol. The predicted molar refractivity (Wildman–Crippen MR) is 85.6 cm³/mol. The molecule has 23 heavy (non-hydrogen) atoms. The van der Waals surface area contributed by atoms with E-state index in [9.17, 15) is 14.4 Å². The molecule has 0 amide bonds. The van der Waals surface area contributed by atoms with Crippen LogP contribution in [0, 0.1) is 17.1 Å². The summed E-state index contributed by atoms with van der Waals surface area (Å²) in [6.45, 7) is 0. The molecule has 0 saturated heterocycles. The first-order valence-electron chi connectivity index (χ1n) is 7.01. The van der Waals surface area contributed by atoms with E-state index in [4.69, 9.17) is 0 Å². The average molecular weight is 303 g/mol. The molecule has 0 saturated carbocycles. The van der Waals surface area contributed by atoms with E-state index >= 15 is 0 Å². The van der Waals surface area contributed by atoms with Crippen molar-refractivity contribution < 1.29 is 4.39 Å². The Morgan fingerprint density at radius 2 is 1.91 bits per heavy atom. The van der Waals surface area contributed by atoms with Gasteiger partial charge in [0.1, 0.15) is 23.1 Å². The first-order valence-corrected chi connectivity index (χ1v) is 7.01. The zero-order valence-corrected chi connectivity index (χ0v) is 11.9. The minimum Gasteiger partial charge on any atom is -0.338 e. The van der Waals surface area contributed by atoms with Crippen molar-refractivity contribution in [3.63, 3.8) is 0 Å². The highest BCUT2D eigenvalue weighted by Crippen LogP contribution is 2.27. The number of imidazole rings is 1. The van der Waals surface area contributed by atoms with E-state index in [2.05, 4.69) is 11.1 Å². The van der Waals surface area contributed by atoms with Crippen LogP contribution in [-0.2, 0) is 0 Å². The maximum atomic E-state index is 13.5. The summed E-state index contributed by atoms with van der Waals surface area (Å²) in [5, 5.41) is 9.58. The van der Waals surface area contributed by atoms with Gasteiger partial charge in [0.15, 0.2) is 0 Å². The number of pyridine rings is 1. The standard InChI is InChI=1S/C18H10FN3O/c19-12-5-3-4-11(8-12)13-9-17(23)22-16-7-2-1-6-15(16)21-18(22)14(13)10-20/h1-9,21H. The van der Waals surface area contributed by atoms with Gasteiger partial charge in [-0.05, 0) is 29.8 Å². The summed E-state index contributed by atoms with van der Waals surface area (Å²) in [6.07, 6.45) is 0. The second-order valence-electron chi connectivity index (χ2n) is 5.22. The number of H-pyrrole nitrogens is 1. The first-order chi connectivity index (χ1) is 11.2. The number of halogens is 1. The van der Waals surface area contributed by atoms with Gasteiger partial charge in [-0.15, -0.1) is 0 Å². The Hall–Kier alpha value is -3.39. The van der Waals surface area contributed by atoms with Gasteiger partial charge in [0, 0.05) is 11.6 Å². The van der Waals surface area contributed by atoms with Crippen molar-refractivity contribution in [1.29, 1.82) is 5.26 Å². The number of aromatic nitrogens is 2. The van der Waals surface area contributed by atoms with Gasteiger partial charge in [0.2, 0.25) is 0 Å². The lowest BCUT2D eigenvalue weighted by Crippen LogP contribution is -2.13. The molecule has 4 aromatic rings. The highest BCUT2D eigenvalue weighted by molar-refractivity contribution is 5.86. The van der Waals surface area contributed by atoms with Gasteiger partial charge in [-0.2, -0.15) is 5.26 Å². The Morgan fingerprint density at radius 3 is 2.70 bits per heavy atom. The minimum absolute atomic E-state index is 0.268. The lowest BCUT2D eigenvalue weighted by molar-refractivity contribution is 0.628. The number of fused-ring (bicyclic) bond motifs is 3. The normalized spacial score (nSPS) is 11.0. The molecule has 4 rings (SSSR count). The van der Waals surface area contributed by atoms with Crippen LogP contribution in [0.2, 0.25) is 0 Å². The summed E-state index contributed by atoms with van der Waals surface area (Å²) in [7, 11) is 0. The molecule has 110 valence electrons. The summed E-state index contributed by atoms with van der Waals surface area (Å²) in [4.78, 5) is 15.7. The van der Waals surface area contributed by atoms with Crippen molar-refractivity contribution in [3.05, 3.63) is 76.3 Å². The number of hydrogen-bond acceptors (Lipinski definition) is 2. The number of nitrogens with one attached hydrogen (secondary N) is 1. The summed E-state index contributed by atoms with van der Waals surface area (Å²) in [6, 6.07) is 16.7. The number of para-hydroxylation sites is 2. The molecule has 0 aliphatic heterocycles. The number of rotatable bonds is 1. The fraction of sp³-hybridized carbons (Fsp3) is 0. The van der Waals surface area contributed by atoms with Crippen LogP contribution < -0.4 is 5.56 Å². The van der Waals surface area contributed by atoms with Crippen molar-refractivity contribution in [2.45, 2.75) is 0 Å². The average Bonchev–Trinajstić information content (AvgIpc) is 2.94. The lowest BCUT2D eigenvalue weighted by atomic mass is 10.0. The zero-order valence-electron chi connectivity index (χ0n) is 11.9. The fourth-order valence-electron chi connectivity index (χ4n) is 2.87. The molecule has 0 spiro atoms. The molecule has 4 nitrogen and oxygen atoms in total. The van der Waals surface area contributed by atoms with Crippen molar-refractivity contribution in [3.8, 4) is 17.2 Å². The predicted octanol–water partition coefficient (Wildman–Crippen LogP) is 3.46. The molecule has 0 fully saturated rings. The number of nitriles is 1. The van der Waals surface area contributed by atoms with Crippen molar-refractivity contribution in [1.82, 2.24) is 9.38 Å². The van der Waals surface area contributed by atoms with Gasteiger partial charge in [-0.3, -0.25) is 9.20 Å². The van der Waals surface area contributed by atoms with Gasteiger partial charge in [0.25, 0.3) is 5.56 Å².